The number of benzene rings is 1. The third-order valence-electron chi connectivity index (χ3n) is 1.81. The second kappa shape index (κ2) is 5.04. The topological polar surface area (TPSA) is 66.7 Å². The van der Waals surface area contributed by atoms with Crippen molar-refractivity contribution < 1.29 is 13.5 Å². The number of nitrogens with zero attached hydrogens (tertiary/aromatic N) is 1. The minimum Gasteiger partial charge on any atom is -0.377 e. The third-order valence-corrected chi connectivity index (χ3v) is 3.36. The van der Waals surface area contributed by atoms with Crippen molar-refractivity contribution in [1.29, 1.82) is 0 Å². The number of rotatable bonds is 4. The standard InChI is InChI=1S/C10H13NO3S/c1-9(12)15(13,14)8-11-7-10-5-3-2-4-6-10/h2-7,9,12H,8H2,1H3. The summed E-state index contributed by atoms with van der Waals surface area (Å²) >= 11 is 0. The molecule has 82 valence electrons. The molecule has 1 unspecified atom stereocenters. The van der Waals surface area contributed by atoms with Gasteiger partial charge >= 0.3 is 0 Å². The van der Waals surface area contributed by atoms with Crippen LogP contribution in [0.25, 0.3) is 0 Å². The maximum absolute atomic E-state index is 11.2. The number of sulfone groups is 1. The highest BCUT2D eigenvalue weighted by atomic mass is 32.2. The fourth-order valence-electron chi connectivity index (χ4n) is 0.894. The first kappa shape index (κ1) is 11.9. The number of hydrogen-bond donors (Lipinski definition) is 1. The minimum absolute atomic E-state index is 0.389. The average molecular weight is 227 g/mol. The summed E-state index contributed by atoms with van der Waals surface area (Å²) in [6, 6.07) is 9.18. The summed E-state index contributed by atoms with van der Waals surface area (Å²) in [5, 5.41) is 8.92. The Hall–Kier alpha value is -1.20. The van der Waals surface area contributed by atoms with Gasteiger partial charge in [-0.1, -0.05) is 30.3 Å². The van der Waals surface area contributed by atoms with Crippen LogP contribution in [-0.4, -0.2) is 31.1 Å². The van der Waals surface area contributed by atoms with Gasteiger partial charge in [0.05, 0.1) is 0 Å². The predicted octanol–water partition coefficient (Wildman–Crippen LogP) is 0.816. The fourth-order valence-corrected chi connectivity index (χ4v) is 1.39. The molecule has 0 heterocycles. The van der Waals surface area contributed by atoms with Crippen molar-refractivity contribution in [3.63, 3.8) is 0 Å². The van der Waals surface area contributed by atoms with E-state index in [1.165, 1.54) is 13.1 Å². The Kier molecular flexibility index (Phi) is 3.99. The summed E-state index contributed by atoms with van der Waals surface area (Å²) in [7, 11) is -3.51. The zero-order valence-corrected chi connectivity index (χ0v) is 9.18. The van der Waals surface area contributed by atoms with Gasteiger partial charge < -0.3 is 5.11 Å². The number of aliphatic imine (C=N–C) groups is 1. The average Bonchev–Trinajstić information content (AvgIpc) is 2.19. The van der Waals surface area contributed by atoms with Crippen molar-refractivity contribution in [2.24, 2.45) is 4.99 Å². The molecule has 0 saturated carbocycles. The molecule has 0 amide bonds. The molecule has 1 aromatic rings. The van der Waals surface area contributed by atoms with E-state index < -0.39 is 15.3 Å². The minimum atomic E-state index is -3.51. The lowest BCUT2D eigenvalue weighted by atomic mass is 10.2. The van der Waals surface area contributed by atoms with Crippen molar-refractivity contribution in [3.8, 4) is 0 Å². The van der Waals surface area contributed by atoms with Crippen LogP contribution in [0.1, 0.15) is 12.5 Å². The van der Waals surface area contributed by atoms with Crippen LogP contribution in [0.2, 0.25) is 0 Å². The molecule has 1 N–H and O–H groups in total. The van der Waals surface area contributed by atoms with Crippen molar-refractivity contribution in [2.75, 3.05) is 5.88 Å². The van der Waals surface area contributed by atoms with E-state index in [1.54, 1.807) is 0 Å². The molecule has 0 radical (unpaired) electrons. The van der Waals surface area contributed by atoms with Crippen LogP contribution in [-0.2, 0) is 9.84 Å². The molecule has 0 saturated heterocycles. The molecule has 0 bridgehead atoms. The van der Waals surface area contributed by atoms with Gasteiger partial charge in [0.2, 0.25) is 0 Å². The Balaban J connectivity index is 2.62. The molecule has 0 spiro atoms. The summed E-state index contributed by atoms with van der Waals surface area (Å²) in [5.41, 5.74) is -0.538. The van der Waals surface area contributed by atoms with Crippen LogP contribution in [0.15, 0.2) is 35.3 Å². The van der Waals surface area contributed by atoms with Gasteiger partial charge in [0, 0.05) is 6.21 Å². The number of aliphatic hydroxyl groups excluding tert-OH is 1. The molecule has 0 aliphatic rings. The molecule has 0 aliphatic heterocycles. The second-order valence-electron chi connectivity index (χ2n) is 3.11. The lowest BCUT2D eigenvalue weighted by Crippen LogP contribution is -2.19. The van der Waals surface area contributed by atoms with Gasteiger partial charge in [-0.3, -0.25) is 4.99 Å². The van der Waals surface area contributed by atoms with E-state index in [-0.39, 0.29) is 5.88 Å². The van der Waals surface area contributed by atoms with E-state index in [1.807, 2.05) is 30.3 Å². The van der Waals surface area contributed by atoms with Crippen LogP contribution >= 0.6 is 0 Å². The van der Waals surface area contributed by atoms with Crippen molar-refractivity contribution >= 4 is 16.1 Å². The number of aliphatic hydroxyl groups is 1. The van der Waals surface area contributed by atoms with Gasteiger partial charge in [0.15, 0.2) is 15.3 Å². The molecule has 0 fully saturated rings. The second-order valence-corrected chi connectivity index (χ2v) is 5.38. The Labute approximate surface area is 89.2 Å². The smallest absolute Gasteiger partial charge is 0.196 e. The highest BCUT2D eigenvalue weighted by Crippen LogP contribution is 1.99. The third kappa shape index (κ3) is 3.81. The van der Waals surface area contributed by atoms with Gasteiger partial charge in [-0.25, -0.2) is 8.42 Å². The summed E-state index contributed by atoms with van der Waals surface area (Å²) in [6.45, 7) is 1.22. The van der Waals surface area contributed by atoms with Crippen molar-refractivity contribution in [3.05, 3.63) is 35.9 Å². The Morgan fingerprint density at radius 2 is 2.00 bits per heavy atom. The Morgan fingerprint density at radius 3 is 2.53 bits per heavy atom. The maximum atomic E-state index is 11.2. The van der Waals surface area contributed by atoms with E-state index in [9.17, 15) is 8.42 Å². The highest BCUT2D eigenvalue weighted by molar-refractivity contribution is 7.91. The van der Waals surface area contributed by atoms with E-state index >= 15 is 0 Å². The molecular weight excluding hydrogens is 214 g/mol. The molecule has 1 rings (SSSR count). The van der Waals surface area contributed by atoms with E-state index in [2.05, 4.69) is 4.99 Å². The van der Waals surface area contributed by atoms with Gasteiger partial charge in [-0.05, 0) is 12.5 Å². The first-order chi connectivity index (χ1) is 7.02. The zero-order chi connectivity index (χ0) is 11.3. The normalized spacial score (nSPS) is 14.3. The van der Waals surface area contributed by atoms with Crippen molar-refractivity contribution in [2.45, 2.75) is 12.4 Å². The Morgan fingerprint density at radius 1 is 1.40 bits per heavy atom. The van der Waals surface area contributed by atoms with Crippen LogP contribution in [0.4, 0.5) is 0 Å². The van der Waals surface area contributed by atoms with Crippen molar-refractivity contribution in [1.82, 2.24) is 0 Å². The lowest BCUT2D eigenvalue weighted by Gasteiger charge is -2.02. The van der Waals surface area contributed by atoms with E-state index in [0.29, 0.717) is 0 Å². The largest absolute Gasteiger partial charge is 0.377 e. The number of hydrogen-bond acceptors (Lipinski definition) is 4. The highest BCUT2D eigenvalue weighted by Gasteiger charge is 2.15. The monoisotopic (exact) mass is 227 g/mol. The molecule has 1 atom stereocenters. The van der Waals surface area contributed by atoms with Gasteiger partial charge in [-0.2, -0.15) is 0 Å². The molecule has 4 nitrogen and oxygen atoms in total. The molecular formula is C10H13NO3S. The SMILES string of the molecule is CC(O)S(=O)(=O)CN=Cc1ccccc1. The molecule has 5 heteroatoms. The molecule has 1 aromatic carbocycles. The van der Waals surface area contributed by atoms with E-state index in [4.69, 9.17) is 5.11 Å². The van der Waals surface area contributed by atoms with Crippen LogP contribution < -0.4 is 0 Å². The fraction of sp³-hybridized carbons (Fsp3) is 0.300. The van der Waals surface area contributed by atoms with Gasteiger partial charge in [-0.15, -0.1) is 0 Å². The Bertz CT molecular complexity index is 423. The first-order valence-corrected chi connectivity index (χ1v) is 6.18. The molecule has 15 heavy (non-hydrogen) atoms. The summed E-state index contributed by atoms with van der Waals surface area (Å²) in [6.07, 6.45) is 1.47. The van der Waals surface area contributed by atoms with Crippen LogP contribution in [0.5, 0.6) is 0 Å². The van der Waals surface area contributed by atoms with Gasteiger partial charge in [0.1, 0.15) is 5.88 Å². The predicted molar refractivity (Wildman–Crippen MR) is 59.5 cm³/mol. The lowest BCUT2D eigenvalue weighted by molar-refractivity contribution is 0.268. The molecule has 0 aliphatic carbocycles. The summed E-state index contributed by atoms with van der Waals surface area (Å²) in [5.74, 6) is -0.389. The maximum Gasteiger partial charge on any atom is 0.196 e. The summed E-state index contributed by atoms with van der Waals surface area (Å²) < 4.78 is 22.3. The van der Waals surface area contributed by atoms with E-state index in [0.717, 1.165) is 5.56 Å². The van der Waals surface area contributed by atoms with Crippen LogP contribution in [0.3, 0.4) is 0 Å². The zero-order valence-electron chi connectivity index (χ0n) is 8.37. The van der Waals surface area contributed by atoms with Crippen LogP contribution in [0, 0.1) is 0 Å². The molecule has 0 aromatic heterocycles. The van der Waals surface area contributed by atoms with Gasteiger partial charge in [0.25, 0.3) is 0 Å². The summed E-state index contributed by atoms with van der Waals surface area (Å²) in [4.78, 5) is 3.76. The quantitative estimate of drug-likeness (QED) is 0.774. The first-order valence-electron chi connectivity index (χ1n) is 4.47.